The summed E-state index contributed by atoms with van der Waals surface area (Å²) in [5.41, 5.74) is 2.39. The highest BCUT2D eigenvalue weighted by atomic mass is 16.3. The first-order valence-electron chi connectivity index (χ1n) is 7.35. The average Bonchev–Trinajstić information content (AvgIpc) is 2.47. The fraction of sp³-hybridized carbons (Fsp3) is 0.500. The Morgan fingerprint density at radius 2 is 2.10 bits per heavy atom. The summed E-state index contributed by atoms with van der Waals surface area (Å²) in [5.74, 6) is 0.128. The van der Waals surface area contributed by atoms with Crippen LogP contribution in [0.2, 0.25) is 0 Å². The van der Waals surface area contributed by atoms with E-state index in [1.165, 1.54) is 0 Å². The number of benzene rings is 1. The van der Waals surface area contributed by atoms with E-state index in [0.29, 0.717) is 12.1 Å². The summed E-state index contributed by atoms with van der Waals surface area (Å²) in [5, 5.41) is 14.6. The number of hydrogen-bond acceptors (Lipinski definition) is 3. The second-order valence-electron chi connectivity index (χ2n) is 5.70. The number of amides is 2. The van der Waals surface area contributed by atoms with Gasteiger partial charge in [-0.15, -0.1) is 0 Å². The molecule has 0 bridgehead atoms. The molecule has 0 aliphatic heterocycles. The van der Waals surface area contributed by atoms with Gasteiger partial charge < -0.3 is 15.7 Å². The van der Waals surface area contributed by atoms with E-state index in [1.54, 1.807) is 6.07 Å². The molecule has 1 aliphatic carbocycles. The van der Waals surface area contributed by atoms with Gasteiger partial charge >= 0.3 is 6.03 Å². The predicted octanol–water partition coefficient (Wildman–Crippen LogP) is 2.34. The van der Waals surface area contributed by atoms with Crippen molar-refractivity contribution in [1.82, 2.24) is 5.32 Å². The average molecular weight is 290 g/mol. The Labute approximate surface area is 124 Å². The van der Waals surface area contributed by atoms with E-state index < -0.39 is 0 Å². The van der Waals surface area contributed by atoms with Crippen LogP contribution in [0, 0.1) is 5.92 Å². The van der Waals surface area contributed by atoms with Crippen LogP contribution < -0.4 is 10.6 Å². The monoisotopic (exact) mass is 290 g/mol. The molecule has 2 rings (SSSR count). The molecular weight excluding hydrogens is 268 g/mol. The Morgan fingerprint density at radius 1 is 1.33 bits per heavy atom. The van der Waals surface area contributed by atoms with Crippen LogP contribution in [0.4, 0.5) is 10.5 Å². The number of ketones is 1. The van der Waals surface area contributed by atoms with Crippen LogP contribution in [0.5, 0.6) is 0 Å². The van der Waals surface area contributed by atoms with Gasteiger partial charge in [0.15, 0.2) is 5.78 Å². The van der Waals surface area contributed by atoms with Crippen molar-refractivity contribution >= 4 is 17.5 Å². The van der Waals surface area contributed by atoms with Gasteiger partial charge in [0.25, 0.3) is 0 Å². The molecule has 2 unspecified atom stereocenters. The van der Waals surface area contributed by atoms with Gasteiger partial charge in [0.2, 0.25) is 0 Å². The number of aryl methyl sites for hydroxylation is 1. The third-order valence-electron chi connectivity index (χ3n) is 4.02. The molecule has 5 nitrogen and oxygen atoms in total. The molecule has 21 heavy (non-hydrogen) atoms. The summed E-state index contributed by atoms with van der Waals surface area (Å²) in [7, 11) is 0. The van der Waals surface area contributed by atoms with Crippen molar-refractivity contribution in [2.45, 2.75) is 39.2 Å². The molecule has 0 aromatic heterocycles. The maximum Gasteiger partial charge on any atom is 0.319 e. The Morgan fingerprint density at radius 3 is 2.81 bits per heavy atom. The number of hydrogen-bond donors (Lipinski definition) is 3. The normalized spacial score (nSPS) is 16.8. The minimum Gasteiger partial charge on any atom is -0.396 e. The van der Waals surface area contributed by atoms with Crippen molar-refractivity contribution in [3.63, 3.8) is 0 Å². The Hall–Kier alpha value is -1.88. The number of fused-ring (bicyclic) bond motifs is 1. The van der Waals surface area contributed by atoms with Crippen LogP contribution in [0.15, 0.2) is 18.2 Å². The maximum absolute atomic E-state index is 11.9. The number of urea groups is 1. The summed E-state index contributed by atoms with van der Waals surface area (Å²) >= 11 is 0. The van der Waals surface area contributed by atoms with E-state index in [-0.39, 0.29) is 30.4 Å². The van der Waals surface area contributed by atoms with Gasteiger partial charge in [-0.05, 0) is 43.4 Å². The smallest absolute Gasteiger partial charge is 0.319 e. The van der Waals surface area contributed by atoms with Crippen LogP contribution in [0.25, 0.3) is 0 Å². The van der Waals surface area contributed by atoms with Gasteiger partial charge in [0.1, 0.15) is 0 Å². The van der Waals surface area contributed by atoms with E-state index >= 15 is 0 Å². The largest absolute Gasteiger partial charge is 0.396 e. The van der Waals surface area contributed by atoms with E-state index in [4.69, 9.17) is 5.11 Å². The summed E-state index contributed by atoms with van der Waals surface area (Å²) in [4.78, 5) is 23.8. The molecule has 0 saturated heterocycles. The van der Waals surface area contributed by atoms with Crippen molar-refractivity contribution in [3.05, 3.63) is 29.3 Å². The SMILES string of the molecule is CC(CO)C(C)NC(=O)Nc1ccc2c(c1)C(=O)CCC2. The first kappa shape index (κ1) is 15.5. The quantitative estimate of drug-likeness (QED) is 0.796. The second-order valence-corrected chi connectivity index (χ2v) is 5.70. The Balaban J connectivity index is 2.01. The molecule has 2 amide bonds. The lowest BCUT2D eigenvalue weighted by Gasteiger charge is -2.20. The molecular formula is C16H22N2O3. The van der Waals surface area contributed by atoms with Crippen molar-refractivity contribution < 1.29 is 14.7 Å². The highest BCUT2D eigenvalue weighted by Crippen LogP contribution is 2.24. The van der Waals surface area contributed by atoms with Gasteiger partial charge in [0.05, 0.1) is 0 Å². The van der Waals surface area contributed by atoms with Crippen molar-refractivity contribution in [1.29, 1.82) is 0 Å². The highest BCUT2D eigenvalue weighted by molar-refractivity contribution is 6.00. The third-order valence-corrected chi connectivity index (χ3v) is 4.02. The van der Waals surface area contributed by atoms with Crippen molar-refractivity contribution in [2.24, 2.45) is 5.92 Å². The first-order chi connectivity index (χ1) is 10.0. The summed E-state index contributed by atoms with van der Waals surface area (Å²) in [6, 6.07) is 5.01. The second kappa shape index (κ2) is 6.72. The molecule has 3 N–H and O–H groups in total. The standard InChI is InChI=1S/C16H22N2O3/c1-10(9-19)11(2)17-16(21)18-13-7-6-12-4-3-5-15(20)14(12)8-13/h6-8,10-11,19H,3-5,9H2,1-2H3,(H2,17,18,21). The molecule has 0 spiro atoms. The number of rotatable bonds is 4. The summed E-state index contributed by atoms with van der Waals surface area (Å²) in [6.07, 6.45) is 2.39. The van der Waals surface area contributed by atoms with E-state index in [1.807, 2.05) is 26.0 Å². The lowest BCUT2D eigenvalue weighted by Crippen LogP contribution is -2.40. The van der Waals surface area contributed by atoms with E-state index in [2.05, 4.69) is 10.6 Å². The van der Waals surface area contributed by atoms with Gasteiger partial charge in [-0.25, -0.2) is 4.79 Å². The number of carbonyl (C=O) groups excluding carboxylic acids is 2. The molecule has 114 valence electrons. The van der Waals surface area contributed by atoms with Gasteiger partial charge in [0, 0.05) is 30.3 Å². The third kappa shape index (κ3) is 3.82. The molecule has 0 saturated carbocycles. The minimum atomic E-state index is -0.328. The molecule has 1 aliphatic rings. The van der Waals surface area contributed by atoms with Crippen LogP contribution in [0.1, 0.15) is 42.6 Å². The van der Waals surface area contributed by atoms with Crippen LogP contribution in [0.3, 0.4) is 0 Å². The Kier molecular flexibility index (Phi) is 4.96. The van der Waals surface area contributed by atoms with Crippen molar-refractivity contribution in [2.75, 3.05) is 11.9 Å². The molecule has 0 fully saturated rings. The number of aliphatic hydroxyl groups excluding tert-OH is 1. The zero-order chi connectivity index (χ0) is 15.4. The molecule has 2 atom stereocenters. The first-order valence-corrected chi connectivity index (χ1v) is 7.35. The van der Waals surface area contributed by atoms with Crippen LogP contribution in [-0.4, -0.2) is 29.6 Å². The Bertz CT molecular complexity index is 542. The zero-order valence-electron chi connectivity index (χ0n) is 12.5. The number of nitrogens with one attached hydrogen (secondary N) is 2. The van der Waals surface area contributed by atoms with Gasteiger partial charge in [-0.3, -0.25) is 4.79 Å². The number of carbonyl (C=O) groups is 2. The molecule has 1 aromatic rings. The van der Waals surface area contributed by atoms with E-state index in [9.17, 15) is 9.59 Å². The number of Topliss-reactive ketones (excluding diaryl/α,β-unsaturated/α-hetero) is 1. The van der Waals surface area contributed by atoms with Gasteiger partial charge in [-0.1, -0.05) is 13.0 Å². The zero-order valence-corrected chi connectivity index (χ0v) is 12.5. The molecule has 1 aromatic carbocycles. The van der Waals surface area contributed by atoms with Crippen LogP contribution >= 0.6 is 0 Å². The van der Waals surface area contributed by atoms with Crippen LogP contribution in [-0.2, 0) is 6.42 Å². The number of aliphatic hydroxyl groups is 1. The van der Waals surface area contributed by atoms with E-state index in [0.717, 1.165) is 24.0 Å². The summed E-state index contributed by atoms with van der Waals surface area (Å²) < 4.78 is 0. The van der Waals surface area contributed by atoms with Gasteiger partial charge in [-0.2, -0.15) is 0 Å². The topological polar surface area (TPSA) is 78.4 Å². The molecule has 5 heteroatoms. The molecule has 0 heterocycles. The lowest BCUT2D eigenvalue weighted by molar-refractivity contribution is 0.0972. The highest BCUT2D eigenvalue weighted by Gasteiger charge is 2.18. The fourth-order valence-corrected chi connectivity index (χ4v) is 2.38. The lowest BCUT2D eigenvalue weighted by atomic mass is 9.90. The summed E-state index contributed by atoms with van der Waals surface area (Å²) in [6.45, 7) is 3.73. The predicted molar refractivity (Wildman–Crippen MR) is 81.6 cm³/mol. The maximum atomic E-state index is 11.9. The number of anilines is 1. The fourth-order valence-electron chi connectivity index (χ4n) is 2.38. The minimum absolute atomic E-state index is 0.0131. The van der Waals surface area contributed by atoms with Crippen molar-refractivity contribution in [3.8, 4) is 0 Å². The molecule has 0 radical (unpaired) electrons.